The standard InChI is InChI=1S/C28H35F3N4O3/c1-15(17-6-5-7-18(24(17)29)26(30)31)32-27(37)21-14-35(16-8-9-38-28(2,3)11-16)23(36)10-22(21)33-25-19-12-34(4)13-20(19)25/h5-7,10,14-16,19-20,25-26,33H,8-9,11-13H2,1-4H3,(H,32,37)/t15-,16?,19-,20+,25-/m1/s1. The summed E-state index contributed by atoms with van der Waals surface area (Å²) in [7, 11) is 2.07. The lowest BCUT2D eigenvalue weighted by Crippen LogP contribution is -2.39. The lowest BCUT2D eigenvalue weighted by molar-refractivity contribution is -0.0695. The van der Waals surface area contributed by atoms with Crippen LogP contribution in [0.2, 0.25) is 0 Å². The Bertz CT molecular complexity index is 1270. The summed E-state index contributed by atoms with van der Waals surface area (Å²) in [5.74, 6) is -0.623. The Morgan fingerprint density at radius 3 is 2.53 bits per heavy atom. The van der Waals surface area contributed by atoms with Crippen molar-refractivity contribution < 1.29 is 22.7 Å². The normalized spacial score (nSPS) is 27.2. The van der Waals surface area contributed by atoms with E-state index in [1.807, 2.05) is 13.8 Å². The number of benzene rings is 1. The van der Waals surface area contributed by atoms with Gasteiger partial charge in [0.15, 0.2) is 0 Å². The third-order valence-corrected chi connectivity index (χ3v) is 8.20. The quantitative estimate of drug-likeness (QED) is 0.549. The molecule has 38 heavy (non-hydrogen) atoms. The highest BCUT2D eigenvalue weighted by Gasteiger charge is 2.55. The van der Waals surface area contributed by atoms with Crippen LogP contribution in [-0.4, -0.2) is 53.8 Å². The molecule has 2 saturated heterocycles. The minimum absolute atomic E-state index is 0.0232. The maximum absolute atomic E-state index is 14.8. The van der Waals surface area contributed by atoms with Gasteiger partial charge in [-0.2, -0.15) is 0 Å². The van der Waals surface area contributed by atoms with Crippen LogP contribution in [0, 0.1) is 17.7 Å². The van der Waals surface area contributed by atoms with Crippen molar-refractivity contribution in [1.82, 2.24) is 14.8 Å². The third-order valence-electron chi connectivity index (χ3n) is 8.20. The molecule has 0 radical (unpaired) electrons. The zero-order valence-electron chi connectivity index (χ0n) is 22.1. The molecule has 206 valence electrons. The third kappa shape index (κ3) is 5.20. The van der Waals surface area contributed by atoms with Crippen LogP contribution >= 0.6 is 0 Å². The van der Waals surface area contributed by atoms with E-state index in [1.165, 1.54) is 18.2 Å². The van der Waals surface area contributed by atoms with Crippen LogP contribution in [0.1, 0.15) is 73.6 Å². The monoisotopic (exact) mass is 532 g/mol. The molecule has 1 saturated carbocycles. The fraction of sp³-hybridized carbons (Fsp3) is 0.571. The highest BCUT2D eigenvalue weighted by atomic mass is 19.3. The van der Waals surface area contributed by atoms with Crippen molar-refractivity contribution in [3.63, 3.8) is 0 Å². The molecule has 3 aliphatic rings. The van der Waals surface area contributed by atoms with E-state index in [1.54, 1.807) is 17.7 Å². The number of nitrogens with zero attached hydrogens (tertiary/aromatic N) is 2. The largest absolute Gasteiger partial charge is 0.381 e. The number of hydrogen-bond donors (Lipinski definition) is 2. The average Bonchev–Trinajstić information content (AvgIpc) is 3.27. The topological polar surface area (TPSA) is 75.6 Å². The summed E-state index contributed by atoms with van der Waals surface area (Å²) in [6.45, 7) is 7.91. The summed E-state index contributed by atoms with van der Waals surface area (Å²) in [6.07, 6.45) is -0.132. The molecule has 1 unspecified atom stereocenters. The summed E-state index contributed by atoms with van der Waals surface area (Å²) in [4.78, 5) is 29.1. The molecule has 2 aromatic rings. The van der Waals surface area contributed by atoms with Crippen LogP contribution in [-0.2, 0) is 4.74 Å². The molecule has 1 aliphatic carbocycles. The number of halogens is 3. The van der Waals surface area contributed by atoms with Gasteiger partial charge in [-0.25, -0.2) is 13.2 Å². The molecule has 2 N–H and O–H groups in total. The lowest BCUT2D eigenvalue weighted by Gasteiger charge is -2.36. The molecular formula is C28H35F3N4O3. The van der Waals surface area contributed by atoms with Crippen LogP contribution in [0.25, 0.3) is 0 Å². The predicted molar refractivity (Wildman–Crippen MR) is 138 cm³/mol. The van der Waals surface area contributed by atoms with Crippen molar-refractivity contribution in [2.75, 3.05) is 32.1 Å². The SMILES string of the molecule is C[C@@H](NC(=O)c1cn(C2CCOC(C)(C)C2)c(=O)cc1N[C@@H]1[C@@H]2CN(C)C[C@@H]21)c1cccc(C(F)F)c1F. The van der Waals surface area contributed by atoms with Gasteiger partial charge in [0.1, 0.15) is 5.82 Å². The molecule has 3 heterocycles. The summed E-state index contributed by atoms with van der Waals surface area (Å²) < 4.78 is 48.6. The van der Waals surface area contributed by atoms with Crippen LogP contribution in [0.15, 0.2) is 35.3 Å². The highest BCUT2D eigenvalue weighted by molar-refractivity contribution is 5.99. The van der Waals surface area contributed by atoms with Gasteiger partial charge in [-0.3, -0.25) is 9.59 Å². The number of fused-ring (bicyclic) bond motifs is 1. The first kappa shape index (κ1) is 26.7. The second-order valence-corrected chi connectivity index (χ2v) is 11.6. The van der Waals surface area contributed by atoms with E-state index in [9.17, 15) is 22.8 Å². The number of hydrogen-bond acceptors (Lipinski definition) is 5. The Balaban J connectivity index is 1.44. The summed E-state index contributed by atoms with van der Waals surface area (Å²) in [6, 6.07) is 4.41. The first-order valence-corrected chi connectivity index (χ1v) is 13.2. The Morgan fingerprint density at radius 2 is 1.87 bits per heavy atom. The van der Waals surface area contributed by atoms with Crippen LogP contribution in [0.3, 0.4) is 0 Å². The van der Waals surface area contributed by atoms with E-state index in [0.717, 1.165) is 19.2 Å². The lowest BCUT2D eigenvalue weighted by atomic mass is 9.93. The van der Waals surface area contributed by atoms with Gasteiger partial charge < -0.3 is 24.8 Å². The zero-order chi connectivity index (χ0) is 27.4. The Hall–Kier alpha value is -2.85. The van der Waals surface area contributed by atoms with Crippen molar-refractivity contribution in [2.24, 2.45) is 11.8 Å². The van der Waals surface area contributed by atoms with Gasteiger partial charge in [0.2, 0.25) is 0 Å². The van der Waals surface area contributed by atoms with Crippen LogP contribution in [0.5, 0.6) is 0 Å². The van der Waals surface area contributed by atoms with Gasteiger partial charge >= 0.3 is 0 Å². The zero-order valence-corrected chi connectivity index (χ0v) is 22.1. The number of nitrogens with one attached hydrogen (secondary N) is 2. The number of piperidine rings is 1. The first-order valence-electron chi connectivity index (χ1n) is 13.2. The number of carbonyl (C=O) groups is 1. The van der Waals surface area contributed by atoms with Gasteiger partial charge in [-0.15, -0.1) is 0 Å². The summed E-state index contributed by atoms with van der Waals surface area (Å²) >= 11 is 0. The number of carbonyl (C=O) groups excluding carboxylic acids is 1. The maximum atomic E-state index is 14.8. The first-order chi connectivity index (χ1) is 17.9. The van der Waals surface area contributed by atoms with Gasteiger partial charge in [0.25, 0.3) is 17.9 Å². The number of ether oxygens (including phenoxy) is 1. The molecule has 1 aromatic carbocycles. The fourth-order valence-electron chi connectivity index (χ4n) is 6.13. The molecule has 1 amide bonds. The average molecular weight is 533 g/mol. The Labute approximate surface area is 220 Å². The molecule has 1 aromatic heterocycles. The Kier molecular flexibility index (Phi) is 7.06. The van der Waals surface area contributed by atoms with Gasteiger partial charge in [-0.05, 0) is 52.5 Å². The molecule has 0 bridgehead atoms. The van der Waals surface area contributed by atoms with E-state index >= 15 is 0 Å². The van der Waals surface area contributed by atoms with Crippen LogP contribution < -0.4 is 16.2 Å². The summed E-state index contributed by atoms with van der Waals surface area (Å²) in [5.41, 5.74) is -0.633. The molecule has 0 spiro atoms. The van der Waals surface area contributed by atoms with E-state index in [4.69, 9.17) is 4.74 Å². The van der Waals surface area contributed by atoms with Gasteiger partial charge in [0, 0.05) is 49.6 Å². The molecule has 5 atom stereocenters. The van der Waals surface area contributed by atoms with Crippen molar-refractivity contribution in [3.8, 4) is 0 Å². The van der Waals surface area contributed by atoms with Crippen molar-refractivity contribution >= 4 is 11.6 Å². The van der Waals surface area contributed by atoms with Crippen molar-refractivity contribution in [2.45, 2.75) is 63.8 Å². The number of rotatable bonds is 7. The van der Waals surface area contributed by atoms with E-state index in [0.29, 0.717) is 37.0 Å². The van der Waals surface area contributed by atoms with E-state index in [-0.39, 0.29) is 28.8 Å². The second-order valence-electron chi connectivity index (χ2n) is 11.6. The van der Waals surface area contributed by atoms with Crippen molar-refractivity contribution in [1.29, 1.82) is 0 Å². The molecule has 7 nitrogen and oxygen atoms in total. The number of amides is 1. The van der Waals surface area contributed by atoms with Gasteiger partial charge in [-0.1, -0.05) is 18.2 Å². The number of likely N-dealkylation sites (tertiary alicyclic amines) is 1. The van der Waals surface area contributed by atoms with E-state index in [2.05, 4.69) is 22.6 Å². The minimum atomic E-state index is -2.96. The number of anilines is 1. The molecule has 3 fully saturated rings. The number of aromatic nitrogens is 1. The molecule has 5 rings (SSSR count). The van der Waals surface area contributed by atoms with Crippen LogP contribution in [0.4, 0.5) is 18.9 Å². The molecule has 2 aliphatic heterocycles. The predicted octanol–water partition coefficient (Wildman–Crippen LogP) is 4.52. The van der Waals surface area contributed by atoms with Gasteiger partial charge in [0.05, 0.1) is 28.5 Å². The Morgan fingerprint density at radius 1 is 1.18 bits per heavy atom. The molecule has 10 heteroatoms. The smallest absolute Gasteiger partial charge is 0.266 e. The minimum Gasteiger partial charge on any atom is -0.381 e. The number of alkyl halides is 2. The fourth-order valence-corrected chi connectivity index (χ4v) is 6.13. The van der Waals surface area contributed by atoms with Crippen molar-refractivity contribution in [3.05, 3.63) is 63.3 Å². The highest BCUT2D eigenvalue weighted by Crippen LogP contribution is 2.47. The summed E-state index contributed by atoms with van der Waals surface area (Å²) in [5, 5.41) is 6.19. The maximum Gasteiger partial charge on any atom is 0.266 e. The van der Waals surface area contributed by atoms with E-state index < -0.39 is 35.4 Å². The number of pyridine rings is 1. The molecular weight excluding hydrogens is 497 g/mol. The second kappa shape index (κ2) is 10.0.